The maximum atomic E-state index is 13.9. The van der Waals surface area contributed by atoms with E-state index in [9.17, 15) is 19.2 Å². The van der Waals surface area contributed by atoms with Gasteiger partial charge in [-0.2, -0.15) is 0 Å². The van der Waals surface area contributed by atoms with E-state index in [1.54, 1.807) is 36.1 Å². The molecule has 2 aliphatic heterocycles. The quantitative estimate of drug-likeness (QED) is 0.123. The lowest BCUT2D eigenvalue weighted by atomic mass is 9.91. The number of carbonyl (C=O) groups excluding carboxylic acids is 4. The second-order valence-electron chi connectivity index (χ2n) is 12.6. The van der Waals surface area contributed by atoms with E-state index in [-0.39, 0.29) is 39.1 Å². The van der Waals surface area contributed by atoms with Gasteiger partial charge in [-0.15, -0.1) is 0 Å². The van der Waals surface area contributed by atoms with Gasteiger partial charge in [0, 0.05) is 13.1 Å². The average Bonchev–Trinajstić information content (AvgIpc) is 3.27. The molecule has 2 heterocycles. The zero-order valence-electron chi connectivity index (χ0n) is 28.7. The lowest BCUT2D eigenvalue weighted by molar-refractivity contribution is -0.147. The van der Waals surface area contributed by atoms with E-state index in [1.807, 2.05) is 60.7 Å². The van der Waals surface area contributed by atoms with Crippen LogP contribution in [0, 0.1) is 5.92 Å². The molecule has 5 rings (SSSR count). The van der Waals surface area contributed by atoms with Crippen molar-refractivity contribution in [3.63, 3.8) is 0 Å². The number of anilines is 1. The number of rotatable bonds is 15. The molecule has 1 N–H and O–H groups in total. The number of unbranched alkanes of at least 4 members (excludes halogenated alkanes) is 1. The van der Waals surface area contributed by atoms with Crippen molar-refractivity contribution in [1.82, 2.24) is 10.2 Å². The zero-order valence-corrected chi connectivity index (χ0v) is 28.7. The Morgan fingerprint density at radius 3 is 2.16 bits per heavy atom. The average molecular weight is 686 g/mol. The molecule has 2 amide bonds. The van der Waals surface area contributed by atoms with Crippen molar-refractivity contribution in [3.8, 4) is 5.75 Å². The van der Waals surface area contributed by atoms with Gasteiger partial charge in [0.2, 0.25) is 5.91 Å². The third-order valence-corrected chi connectivity index (χ3v) is 9.06. The summed E-state index contributed by atoms with van der Waals surface area (Å²) >= 11 is 0. The van der Waals surface area contributed by atoms with Gasteiger partial charge in [-0.05, 0) is 55.4 Å². The number of esters is 2. The molecule has 1 saturated heterocycles. The van der Waals surface area contributed by atoms with Crippen molar-refractivity contribution >= 4 is 29.6 Å². The van der Waals surface area contributed by atoms with Crippen LogP contribution in [0.2, 0.25) is 0 Å². The number of carbonyl (C=O) groups is 4. The standard InChI is InChI=1S/C39H47N3O8/c1-2-47-38(45)32(18-10-9-13-29-21-23-41(24-22-29)39(46)50-27-31-16-7-4-8-17-31)40-33-28-48-35-20-12-11-19-34(35)42(37(33)44)25-36(43)49-26-30-14-5-3-6-15-30/h3-8,11-12,14-17,19-20,29,32-33,40H,2,9-10,13,18,21-28H2,1H3/t32-,33-/m0/s1. The van der Waals surface area contributed by atoms with Crippen LogP contribution in [0.3, 0.4) is 0 Å². The number of likely N-dealkylation sites (tertiary alicyclic amines) is 1. The molecule has 50 heavy (non-hydrogen) atoms. The summed E-state index contributed by atoms with van der Waals surface area (Å²) in [6, 6.07) is 24.4. The molecule has 1 fully saturated rings. The number of hydrogen-bond acceptors (Lipinski definition) is 9. The molecule has 0 aromatic heterocycles. The van der Waals surface area contributed by atoms with Crippen molar-refractivity contribution in [2.75, 3.05) is 37.7 Å². The van der Waals surface area contributed by atoms with Crippen LogP contribution in [0.15, 0.2) is 84.9 Å². The molecule has 0 aliphatic carbocycles. The Morgan fingerprint density at radius 2 is 1.48 bits per heavy atom. The smallest absolute Gasteiger partial charge is 0.410 e. The highest BCUT2D eigenvalue weighted by atomic mass is 16.6. The minimum absolute atomic E-state index is 0.0202. The fourth-order valence-corrected chi connectivity index (χ4v) is 6.30. The largest absolute Gasteiger partial charge is 0.489 e. The Balaban J connectivity index is 1.11. The third kappa shape index (κ3) is 10.5. The number of ether oxygens (including phenoxy) is 4. The molecule has 0 unspecified atom stereocenters. The zero-order chi connectivity index (χ0) is 35.1. The number of benzene rings is 3. The Morgan fingerprint density at radius 1 is 0.840 bits per heavy atom. The van der Waals surface area contributed by atoms with Crippen LogP contribution >= 0.6 is 0 Å². The van der Waals surface area contributed by atoms with Gasteiger partial charge in [-0.3, -0.25) is 24.6 Å². The highest BCUT2D eigenvalue weighted by Gasteiger charge is 2.36. The van der Waals surface area contributed by atoms with Crippen molar-refractivity contribution in [3.05, 3.63) is 96.1 Å². The molecule has 3 aromatic carbocycles. The molecule has 0 spiro atoms. The highest BCUT2D eigenvalue weighted by Crippen LogP contribution is 2.31. The summed E-state index contributed by atoms with van der Waals surface area (Å²) in [7, 11) is 0. The van der Waals surface area contributed by atoms with Gasteiger partial charge < -0.3 is 23.8 Å². The summed E-state index contributed by atoms with van der Waals surface area (Å²) < 4.78 is 22.4. The Bertz CT molecular complexity index is 1550. The fourth-order valence-electron chi connectivity index (χ4n) is 6.30. The van der Waals surface area contributed by atoms with Gasteiger partial charge in [0.25, 0.3) is 0 Å². The summed E-state index contributed by atoms with van der Waals surface area (Å²) in [5.74, 6) is -0.445. The van der Waals surface area contributed by atoms with Crippen LogP contribution in [-0.4, -0.2) is 73.8 Å². The molecule has 11 heteroatoms. The molecule has 2 aliphatic rings. The van der Waals surface area contributed by atoms with Crippen LogP contribution in [0.25, 0.3) is 0 Å². The summed E-state index contributed by atoms with van der Waals surface area (Å²) in [6.45, 7) is 3.31. The SMILES string of the molecule is CCOC(=O)[C@H](CCCCC1CCN(C(=O)OCc2ccccc2)CC1)N[C@H]1COc2ccccc2N(CC(=O)OCc2ccccc2)C1=O. The van der Waals surface area contributed by atoms with Crippen molar-refractivity contribution in [1.29, 1.82) is 0 Å². The number of piperidine rings is 1. The topological polar surface area (TPSA) is 124 Å². The van der Waals surface area contributed by atoms with E-state index in [0.717, 1.165) is 43.2 Å². The predicted octanol–water partition coefficient (Wildman–Crippen LogP) is 5.65. The van der Waals surface area contributed by atoms with E-state index in [0.29, 0.717) is 36.9 Å². The Labute approximate surface area is 293 Å². The molecule has 0 radical (unpaired) electrons. The first-order chi connectivity index (χ1) is 24.4. The van der Waals surface area contributed by atoms with Gasteiger partial charge in [-0.25, -0.2) is 4.79 Å². The van der Waals surface area contributed by atoms with Gasteiger partial charge >= 0.3 is 18.0 Å². The molecule has 0 bridgehead atoms. The number of nitrogens with one attached hydrogen (secondary N) is 1. The minimum Gasteiger partial charge on any atom is -0.489 e. The Hall–Kier alpha value is -4.90. The highest BCUT2D eigenvalue weighted by molar-refractivity contribution is 6.02. The van der Waals surface area contributed by atoms with Crippen LogP contribution in [0.1, 0.15) is 56.6 Å². The van der Waals surface area contributed by atoms with Crippen LogP contribution in [-0.2, 0) is 41.8 Å². The molecule has 0 saturated carbocycles. The lowest BCUT2D eigenvalue weighted by Crippen LogP contribution is -2.55. The fraction of sp³-hybridized carbons (Fsp3) is 0.436. The normalized spacial score (nSPS) is 16.8. The minimum atomic E-state index is -0.898. The molecule has 11 nitrogen and oxygen atoms in total. The van der Waals surface area contributed by atoms with Crippen molar-refractivity contribution in [2.24, 2.45) is 5.92 Å². The predicted molar refractivity (Wildman–Crippen MR) is 187 cm³/mol. The second-order valence-corrected chi connectivity index (χ2v) is 12.6. The molecule has 2 atom stereocenters. The van der Waals surface area contributed by atoms with E-state index in [2.05, 4.69) is 5.32 Å². The van der Waals surface area contributed by atoms with E-state index >= 15 is 0 Å². The lowest BCUT2D eigenvalue weighted by Gasteiger charge is -2.31. The summed E-state index contributed by atoms with van der Waals surface area (Å²) in [6.07, 6.45) is 4.60. The van der Waals surface area contributed by atoms with Gasteiger partial charge in [0.05, 0.1) is 12.3 Å². The first-order valence-electron chi connectivity index (χ1n) is 17.5. The van der Waals surface area contributed by atoms with Crippen LogP contribution in [0.4, 0.5) is 10.5 Å². The number of para-hydroxylation sites is 2. The molecular weight excluding hydrogens is 638 g/mol. The second kappa shape index (κ2) is 18.7. The van der Waals surface area contributed by atoms with E-state index in [1.165, 1.54) is 4.90 Å². The van der Waals surface area contributed by atoms with Gasteiger partial charge in [-0.1, -0.05) is 92.1 Å². The van der Waals surface area contributed by atoms with E-state index in [4.69, 9.17) is 18.9 Å². The maximum Gasteiger partial charge on any atom is 0.410 e. The monoisotopic (exact) mass is 685 g/mol. The maximum absolute atomic E-state index is 13.9. The van der Waals surface area contributed by atoms with Crippen molar-refractivity contribution in [2.45, 2.75) is 70.7 Å². The van der Waals surface area contributed by atoms with Crippen LogP contribution in [0.5, 0.6) is 5.75 Å². The Kier molecular flexibility index (Phi) is 13.6. The van der Waals surface area contributed by atoms with Crippen LogP contribution < -0.4 is 15.0 Å². The third-order valence-electron chi connectivity index (χ3n) is 9.06. The first-order valence-corrected chi connectivity index (χ1v) is 17.5. The molecule has 266 valence electrons. The number of amides is 2. The number of nitrogens with zero attached hydrogens (tertiary/aromatic N) is 2. The summed E-state index contributed by atoms with van der Waals surface area (Å²) in [4.78, 5) is 55.6. The van der Waals surface area contributed by atoms with Crippen molar-refractivity contribution < 1.29 is 38.1 Å². The first kappa shape index (κ1) is 36.4. The summed E-state index contributed by atoms with van der Waals surface area (Å²) in [5.41, 5.74) is 2.26. The van der Waals surface area contributed by atoms with E-state index < -0.39 is 29.9 Å². The van der Waals surface area contributed by atoms with Gasteiger partial charge in [0.1, 0.15) is 44.2 Å². The number of hydrogen-bond donors (Lipinski definition) is 1. The molecule has 3 aromatic rings. The summed E-state index contributed by atoms with van der Waals surface area (Å²) in [5, 5.41) is 3.21. The van der Waals surface area contributed by atoms with Gasteiger partial charge in [0.15, 0.2) is 0 Å². The molecular formula is C39H47N3O8. The number of fused-ring (bicyclic) bond motifs is 1.